The Morgan fingerprint density at radius 1 is 1.60 bits per heavy atom. The van der Waals surface area contributed by atoms with Crippen LogP contribution in [0.4, 0.5) is 0 Å². The van der Waals surface area contributed by atoms with Crippen molar-refractivity contribution in [1.29, 1.82) is 0 Å². The maximum absolute atomic E-state index is 11.2. The minimum Gasteiger partial charge on any atom is -0.459 e. The van der Waals surface area contributed by atoms with Gasteiger partial charge in [0.15, 0.2) is 5.76 Å². The molecule has 1 heterocycles. The van der Waals surface area contributed by atoms with E-state index in [2.05, 4.69) is 0 Å². The summed E-state index contributed by atoms with van der Waals surface area (Å²) in [6.07, 6.45) is 1.42. The van der Waals surface area contributed by atoms with Gasteiger partial charge >= 0.3 is 5.91 Å². The number of methoxy groups -OCH3 is 1. The van der Waals surface area contributed by atoms with Crippen LogP contribution in [-0.4, -0.2) is 26.2 Å². The van der Waals surface area contributed by atoms with E-state index < -0.39 is 5.91 Å². The van der Waals surface area contributed by atoms with Gasteiger partial charge in [0.05, 0.1) is 26.1 Å². The summed E-state index contributed by atoms with van der Waals surface area (Å²) in [7, 11) is 1.59. The number of nitrogens with one attached hydrogen (secondary N) is 1. The largest absolute Gasteiger partial charge is 0.459 e. The van der Waals surface area contributed by atoms with Crippen molar-refractivity contribution in [2.45, 2.75) is 6.61 Å². The van der Waals surface area contributed by atoms with Gasteiger partial charge in [0.1, 0.15) is 0 Å². The average molecular weight is 214 g/mol. The zero-order chi connectivity index (χ0) is 11.1. The minimum absolute atomic E-state index is 0.176. The summed E-state index contributed by atoms with van der Waals surface area (Å²) in [5.74, 6) is 4.70. The Morgan fingerprint density at radius 3 is 3.07 bits per heavy atom. The molecule has 0 atom stereocenters. The first-order valence-corrected chi connectivity index (χ1v) is 4.43. The van der Waals surface area contributed by atoms with E-state index in [1.165, 1.54) is 6.26 Å². The molecule has 0 aliphatic carbocycles. The molecule has 1 aromatic rings. The van der Waals surface area contributed by atoms with Gasteiger partial charge < -0.3 is 13.9 Å². The molecule has 6 nitrogen and oxygen atoms in total. The van der Waals surface area contributed by atoms with E-state index in [-0.39, 0.29) is 5.76 Å². The Morgan fingerprint density at radius 2 is 2.40 bits per heavy atom. The third-order valence-corrected chi connectivity index (χ3v) is 1.77. The highest BCUT2D eigenvalue weighted by molar-refractivity contribution is 5.92. The first-order chi connectivity index (χ1) is 7.29. The zero-order valence-corrected chi connectivity index (χ0v) is 8.49. The van der Waals surface area contributed by atoms with Crippen LogP contribution in [0, 0.1) is 0 Å². The molecule has 1 aromatic heterocycles. The van der Waals surface area contributed by atoms with Crippen LogP contribution >= 0.6 is 0 Å². The summed E-state index contributed by atoms with van der Waals surface area (Å²) in [6.45, 7) is 1.27. The Balaban J connectivity index is 2.46. The van der Waals surface area contributed by atoms with Crippen LogP contribution in [-0.2, 0) is 16.1 Å². The summed E-state index contributed by atoms with van der Waals surface area (Å²) in [4.78, 5) is 11.2. The van der Waals surface area contributed by atoms with Crippen LogP contribution in [0.2, 0.25) is 0 Å². The number of amides is 1. The van der Waals surface area contributed by atoms with E-state index in [0.717, 1.165) is 0 Å². The van der Waals surface area contributed by atoms with Crippen LogP contribution in [0.25, 0.3) is 0 Å². The Bertz CT molecular complexity index is 311. The van der Waals surface area contributed by atoms with Gasteiger partial charge in [-0.1, -0.05) is 0 Å². The molecular formula is C9H14N2O4. The van der Waals surface area contributed by atoms with Crippen LogP contribution in [0.3, 0.4) is 0 Å². The van der Waals surface area contributed by atoms with Crippen molar-refractivity contribution >= 4 is 5.91 Å². The van der Waals surface area contributed by atoms with Crippen LogP contribution in [0.1, 0.15) is 16.1 Å². The highest BCUT2D eigenvalue weighted by Crippen LogP contribution is 2.11. The molecular weight excluding hydrogens is 200 g/mol. The van der Waals surface area contributed by atoms with Gasteiger partial charge in [-0.15, -0.1) is 0 Å². The van der Waals surface area contributed by atoms with Crippen molar-refractivity contribution in [3.63, 3.8) is 0 Å². The van der Waals surface area contributed by atoms with Crippen LogP contribution in [0.5, 0.6) is 0 Å². The maximum Gasteiger partial charge on any atom is 0.301 e. The third-order valence-electron chi connectivity index (χ3n) is 1.77. The quantitative estimate of drug-likeness (QED) is 0.302. The number of hydrazine groups is 1. The zero-order valence-electron chi connectivity index (χ0n) is 8.49. The third kappa shape index (κ3) is 3.35. The summed E-state index contributed by atoms with van der Waals surface area (Å²) in [5, 5.41) is 0. The summed E-state index contributed by atoms with van der Waals surface area (Å²) < 4.78 is 15.0. The molecule has 3 N–H and O–H groups in total. The minimum atomic E-state index is -0.467. The van der Waals surface area contributed by atoms with E-state index in [1.807, 2.05) is 5.43 Å². The lowest BCUT2D eigenvalue weighted by atomic mass is 10.2. The van der Waals surface area contributed by atoms with Gasteiger partial charge in [-0.3, -0.25) is 10.2 Å². The number of nitrogen functional groups attached to an aromatic ring is 1. The normalized spacial score (nSPS) is 10.3. The highest BCUT2D eigenvalue weighted by Gasteiger charge is 2.13. The molecule has 0 fully saturated rings. The topological polar surface area (TPSA) is 86.7 Å². The van der Waals surface area contributed by atoms with Gasteiger partial charge in [-0.2, -0.15) is 0 Å². The number of carbonyl (C=O) groups is 1. The highest BCUT2D eigenvalue weighted by atomic mass is 16.5. The molecule has 0 radical (unpaired) electrons. The lowest BCUT2D eigenvalue weighted by molar-refractivity contribution is 0.0605. The van der Waals surface area contributed by atoms with Gasteiger partial charge in [0.2, 0.25) is 0 Å². The molecule has 84 valence electrons. The lowest BCUT2D eigenvalue weighted by Crippen LogP contribution is -2.30. The summed E-state index contributed by atoms with van der Waals surface area (Å²) >= 11 is 0. The number of furan rings is 1. The van der Waals surface area contributed by atoms with Gasteiger partial charge in [-0.25, -0.2) is 5.84 Å². The van der Waals surface area contributed by atoms with Crippen LogP contribution < -0.4 is 11.3 Å². The monoisotopic (exact) mass is 214 g/mol. The molecule has 0 spiro atoms. The predicted octanol–water partition coefficient (Wildman–Crippen LogP) is 0.0461. The second-order valence-corrected chi connectivity index (χ2v) is 2.79. The molecule has 0 aromatic carbocycles. The van der Waals surface area contributed by atoms with Crippen molar-refractivity contribution in [2.75, 3.05) is 20.3 Å². The lowest BCUT2D eigenvalue weighted by Gasteiger charge is -2.03. The van der Waals surface area contributed by atoms with Gasteiger partial charge in [0.25, 0.3) is 0 Å². The fraction of sp³-hybridized carbons (Fsp3) is 0.444. The van der Waals surface area contributed by atoms with E-state index in [1.54, 1.807) is 13.2 Å². The first kappa shape index (κ1) is 11.7. The number of ether oxygens (including phenoxy) is 2. The number of rotatable bonds is 6. The second-order valence-electron chi connectivity index (χ2n) is 2.79. The molecule has 0 aliphatic heterocycles. The second kappa shape index (κ2) is 6.18. The molecule has 0 saturated heterocycles. The van der Waals surface area contributed by atoms with Crippen molar-refractivity contribution < 1.29 is 18.7 Å². The maximum atomic E-state index is 11.2. The number of hydrogen-bond donors (Lipinski definition) is 2. The Kier molecular flexibility index (Phi) is 4.82. The van der Waals surface area contributed by atoms with E-state index in [9.17, 15) is 4.79 Å². The fourth-order valence-corrected chi connectivity index (χ4v) is 1.04. The average Bonchev–Trinajstić information content (AvgIpc) is 2.71. The first-order valence-electron chi connectivity index (χ1n) is 4.43. The Hall–Kier alpha value is -1.37. The predicted molar refractivity (Wildman–Crippen MR) is 51.9 cm³/mol. The Labute approximate surface area is 87.3 Å². The summed E-state index contributed by atoms with van der Waals surface area (Å²) in [6, 6.07) is 1.66. The van der Waals surface area contributed by atoms with Crippen molar-refractivity contribution in [2.24, 2.45) is 5.84 Å². The van der Waals surface area contributed by atoms with Crippen molar-refractivity contribution in [3.8, 4) is 0 Å². The van der Waals surface area contributed by atoms with Crippen LogP contribution in [0.15, 0.2) is 16.7 Å². The molecule has 0 saturated carbocycles. The number of nitrogens with two attached hydrogens (primary N) is 1. The molecule has 0 unspecified atom stereocenters. The number of hydrogen-bond acceptors (Lipinski definition) is 5. The molecule has 1 amide bonds. The van der Waals surface area contributed by atoms with E-state index in [4.69, 9.17) is 19.7 Å². The molecule has 6 heteroatoms. The molecule has 1 rings (SSSR count). The van der Waals surface area contributed by atoms with Gasteiger partial charge in [-0.05, 0) is 6.07 Å². The number of carbonyl (C=O) groups excluding carboxylic acids is 1. The SMILES string of the molecule is COCCOCc1ccoc1C(=O)NN. The van der Waals surface area contributed by atoms with E-state index >= 15 is 0 Å². The molecule has 0 bridgehead atoms. The molecule has 15 heavy (non-hydrogen) atoms. The fourth-order valence-electron chi connectivity index (χ4n) is 1.04. The summed E-state index contributed by atoms with van der Waals surface area (Å²) in [5.41, 5.74) is 2.66. The smallest absolute Gasteiger partial charge is 0.301 e. The molecule has 0 aliphatic rings. The standard InChI is InChI=1S/C9H14N2O4/c1-13-4-5-14-6-7-2-3-15-8(7)9(12)11-10/h2-3H,4-6,10H2,1H3,(H,11,12). The van der Waals surface area contributed by atoms with Crippen molar-refractivity contribution in [1.82, 2.24) is 5.43 Å². The van der Waals surface area contributed by atoms with E-state index in [0.29, 0.717) is 25.4 Å². The van der Waals surface area contributed by atoms with Crippen molar-refractivity contribution in [3.05, 3.63) is 23.7 Å². The van der Waals surface area contributed by atoms with Gasteiger partial charge in [0, 0.05) is 12.7 Å².